The van der Waals surface area contributed by atoms with E-state index in [9.17, 15) is 22.0 Å². The molecule has 5 rings (SSSR count). The molecule has 1 fully saturated rings. The van der Waals surface area contributed by atoms with Crippen molar-refractivity contribution in [3.8, 4) is 0 Å². The summed E-state index contributed by atoms with van der Waals surface area (Å²) in [5.41, 5.74) is 8.63. The number of anilines is 1. The van der Waals surface area contributed by atoms with Crippen LogP contribution in [0.15, 0.2) is 71.7 Å². The molecule has 1 aromatic heterocycles. The van der Waals surface area contributed by atoms with E-state index in [0.29, 0.717) is 36.6 Å². The number of nitrogen functional groups attached to an aromatic ring is 1. The molecule has 3 heterocycles. The molecule has 2 N–H and O–H groups in total. The average Bonchev–Trinajstić information content (AvgIpc) is 3.40. The van der Waals surface area contributed by atoms with E-state index in [-0.39, 0.29) is 47.8 Å². The quantitative estimate of drug-likeness (QED) is 0.421. The van der Waals surface area contributed by atoms with Gasteiger partial charge < -0.3 is 15.5 Å². The highest BCUT2D eigenvalue weighted by Gasteiger charge is 2.34. The molecule has 1 unspecified atom stereocenters. The molecule has 0 spiro atoms. The molecule has 1 saturated heterocycles. The van der Waals surface area contributed by atoms with Gasteiger partial charge in [-0.3, -0.25) is 4.79 Å². The largest absolute Gasteiger partial charge is 0.368 e. The maximum absolute atomic E-state index is 14.7. The van der Waals surface area contributed by atoms with Gasteiger partial charge >= 0.3 is 0 Å². The molecule has 220 valence electrons. The summed E-state index contributed by atoms with van der Waals surface area (Å²) >= 11 is 0. The Balaban J connectivity index is 1.56. The molecule has 0 saturated carbocycles. The van der Waals surface area contributed by atoms with E-state index in [1.165, 1.54) is 10.4 Å². The Bertz CT molecular complexity index is 1740. The van der Waals surface area contributed by atoms with Gasteiger partial charge in [-0.05, 0) is 61.4 Å². The minimum atomic E-state index is -4.29. The van der Waals surface area contributed by atoms with Crippen molar-refractivity contribution in [2.24, 2.45) is 0 Å². The summed E-state index contributed by atoms with van der Waals surface area (Å²) in [5, 5.41) is 0.325. The van der Waals surface area contributed by atoms with Crippen LogP contribution in [0.5, 0.6) is 0 Å². The number of hydrogen-bond acceptors (Lipinski definition) is 7. The normalized spacial score (nSPS) is 19.1. The number of allylic oxidation sites excluding steroid dienone is 4. The molecule has 0 radical (unpaired) electrons. The molecule has 1 atom stereocenters. The van der Waals surface area contributed by atoms with Gasteiger partial charge in [0.15, 0.2) is 5.83 Å². The van der Waals surface area contributed by atoms with E-state index in [1.54, 1.807) is 17.0 Å². The van der Waals surface area contributed by atoms with Crippen LogP contribution in [0.3, 0.4) is 0 Å². The molecular formula is C30H32F2N6O3S. The van der Waals surface area contributed by atoms with E-state index in [1.807, 2.05) is 43.1 Å². The minimum absolute atomic E-state index is 0.0481. The van der Waals surface area contributed by atoms with Crippen LogP contribution in [0.4, 0.5) is 14.7 Å². The van der Waals surface area contributed by atoms with E-state index < -0.39 is 26.6 Å². The van der Waals surface area contributed by atoms with Crippen molar-refractivity contribution in [1.29, 1.82) is 0 Å². The number of aromatic nitrogens is 2. The van der Waals surface area contributed by atoms with Crippen molar-refractivity contribution in [3.63, 3.8) is 0 Å². The van der Waals surface area contributed by atoms with Crippen molar-refractivity contribution >= 4 is 38.4 Å². The first-order valence-electron chi connectivity index (χ1n) is 13.4. The topological polar surface area (TPSA) is 113 Å². The van der Waals surface area contributed by atoms with Gasteiger partial charge in [-0.2, -0.15) is 4.31 Å². The fourth-order valence-corrected chi connectivity index (χ4v) is 6.86. The number of fused-ring (bicyclic) bond motifs is 2. The Morgan fingerprint density at radius 3 is 2.38 bits per heavy atom. The molecule has 0 aliphatic carbocycles. The van der Waals surface area contributed by atoms with Crippen LogP contribution in [0.1, 0.15) is 41.0 Å². The van der Waals surface area contributed by atoms with Crippen LogP contribution in [0, 0.1) is 0 Å². The lowest BCUT2D eigenvalue weighted by molar-refractivity contribution is 0.0747. The number of amides is 1. The van der Waals surface area contributed by atoms with Crippen molar-refractivity contribution < 1.29 is 22.0 Å². The zero-order valence-corrected chi connectivity index (χ0v) is 24.5. The maximum atomic E-state index is 14.7. The molecule has 42 heavy (non-hydrogen) atoms. The predicted octanol–water partition coefficient (Wildman–Crippen LogP) is 4.40. The second-order valence-electron chi connectivity index (χ2n) is 10.7. The number of nitrogens with zero attached hydrogens (tertiary/aromatic N) is 5. The van der Waals surface area contributed by atoms with Crippen LogP contribution >= 0.6 is 0 Å². The number of halogens is 2. The maximum Gasteiger partial charge on any atom is 0.273 e. The third-order valence-corrected chi connectivity index (χ3v) is 9.75. The third kappa shape index (κ3) is 5.57. The first-order valence-corrected chi connectivity index (χ1v) is 14.9. The van der Waals surface area contributed by atoms with E-state index >= 15 is 0 Å². The lowest BCUT2D eigenvalue weighted by Crippen LogP contribution is -2.52. The van der Waals surface area contributed by atoms with E-state index in [0.717, 1.165) is 18.1 Å². The van der Waals surface area contributed by atoms with E-state index in [4.69, 9.17) is 5.73 Å². The number of benzene rings is 2. The Morgan fingerprint density at radius 1 is 1.10 bits per heavy atom. The van der Waals surface area contributed by atoms with Gasteiger partial charge in [-0.1, -0.05) is 36.9 Å². The van der Waals surface area contributed by atoms with Crippen LogP contribution in [0.2, 0.25) is 0 Å². The van der Waals surface area contributed by atoms with Gasteiger partial charge in [0.2, 0.25) is 16.0 Å². The summed E-state index contributed by atoms with van der Waals surface area (Å²) in [6.07, 6.45) is 0.660. The minimum Gasteiger partial charge on any atom is -0.368 e. The van der Waals surface area contributed by atoms with Crippen LogP contribution in [-0.2, 0) is 23.1 Å². The number of rotatable bonds is 6. The number of nitrogens with two attached hydrogens (primary N) is 1. The molecule has 12 heteroatoms. The van der Waals surface area contributed by atoms with Gasteiger partial charge in [0, 0.05) is 44.2 Å². The Kier molecular flexibility index (Phi) is 7.97. The van der Waals surface area contributed by atoms with Crippen LogP contribution in [0.25, 0.3) is 16.5 Å². The molecular weight excluding hydrogens is 562 g/mol. The fourth-order valence-electron chi connectivity index (χ4n) is 5.17. The molecule has 1 amide bonds. The summed E-state index contributed by atoms with van der Waals surface area (Å²) in [6.45, 7) is 8.39. The van der Waals surface area contributed by atoms with Gasteiger partial charge in [-0.25, -0.2) is 27.2 Å². The Morgan fingerprint density at radius 2 is 1.76 bits per heavy atom. The summed E-state index contributed by atoms with van der Waals surface area (Å²) < 4.78 is 57.4. The van der Waals surface area contributed by atoms with Crippen molar-refractivity contribution in [1.82, 2.24) is 24.1 Å². The van der Waals surface area contributed by atoms with Crippen LogP contribution < -0.4 is 5.73 Å². The number of likely N-dealkylation sites (N-methyl/N-ethyl adjacent to an activating group) is 1. The molecule has 3 aromatic rings. The monoisotopic (exact) mass is 594 g/mol. The highest BCUT2D eigenvalue weighted by atomic mass is 32.2. The molecule has 0 bridgehead atoms. The predicted molar refractivity (Wildman–Crippen MR) is 159 cm³/mol. The van der Waals surface area contributed by atoms with Gasteiger partial charge in [-0.15, -0.1) is 0 Å². The SMILES string of the molecule is C=C(/C(=C\C(F)=C(/C)F)S(=O)(=O)N1CCN(C)C(C)C1)c1ccc2nc(N)nc(C(=O)N3Cc4ccccc4C3)c2c1. The highest BCUT2D eigenvalue weighted by Crippen LogP contribution is 2.34. The van der Waals surface area contributed by atoms with E-state index in [2.05, 4.69) is 16.5 Å². The summed E-state index contributed by atoms with van der Waals surface area (Å²) in [7, 11) is -2.39. The van der Waals surface area contributed by atoms with Crippen molar-refractivity contribution in [2.75, 3.05) is 32.4 Å². The lowest BCUT2D eigenvalue weighted by atomic mass is 10.0. The highest BCUT2D eigenvalue weighted by molar-refractivity contribution is 7.93. The number of piperazine rings is 1. The first-order chi connectivity index (χ1) is 19.9. The van der Waals surface area contributed by atoms with Gasteiger partial charge in [0.1, 0.15) is 11.5 Å². The molecule has 9 nitrogen and oxygen atoms in total. The van der Waals surface area contributed by atoms with Crippen LogP contribution in [-0.4, -0.2) is 71.1 Å². The lowest BCUT2D eigenvalue weighted by Gasteiger charge is -2.37. The number of hydrogen-bond donors (Lipinski definition) is 1. The second-order valence-corrected chi connectivity index (χ2v) is 12.6. The Hall–Kier alpha value is -4.00. The first kappa shape index (κ1) is 29.5. The molecule has 2 aliphatic heterocycles. The zero-order chi connectivity index (χ0) is 30.3. The third-order valence-electron chi connectivity index (χ3n) is 7.82. The van der Waals surface area contributed by atoms with Gasteiger partial charge in [0.25, 0.3) is 5.91 Å². The summed E-state index contributed by atoms with van der Waals surface area (Å²) in [5.74, 6) is -2.94. The summed E-state index contributed by atoms with van der Waals surface area (Å²) in [6, 6.07) is 12.3. The Labute approximate surface area is 243 Å². The number of carbonyl (C=O) groups is 1. The van der Waals surface area contributed by atoms with Crippen molar-refractivity contribution in [3.05, 3.63) is 94.1 Å². The molecule has 2 aliphatic rings. The van der Waals surface area contributed by atoms with Gasteiger partial charge in [0.05, 0.1) is 10.4 Å². The second kappa shape index (κ2) is 11.3. The fraction of sp³-hybridized carbons (Fsp3) is 0.300. The smallest absolute Gasteiger partial charge is 0.273 e. The summed E-state index contributed by atoms with van der Waals surface area (Å²) in [4.78, 5) is 25.3. The van der Waals surface area contributed by atoms with Crippen molar-refractivity contribution in [2.45, 2.75) is 33.0 Å². The number of carbonyl (C=O) groups excluding carboxylic acids is 1. The molecule has 2 aromatic carbocycles. The zero-order valence-electron chi connectivity index (χ0n) is 23.6. The average molecular weight is 595 g/mol. The standard InChI is InChI=1S/C30H32F2N6O3S/c1-18-15-38(12-11-36(18)4)42(40,41)27(14-25(32)20(3)31)19(2)21-9-10-26-24(13-21)28(35-30(33)34-26)29(39)37-16-22-7-5-6-8-23(22)17-37/h5-10,13-14,18H,2,11-12,15-17H2,1,3-4H3,(H2,33,34,35)/b25-20-,27-14+. The number of sulfonamides is 1.